The van der Waals surface area contributed by atoms with Crippen LogP contribution < -0.4 is 25.2 Å². The number of benzene rings is 3. The van der Waals surface area contributed by atoms with E-state index in [4.69, 9.17) is 14.2 Å². The fourth-order valence-electron chi connectivity index (χ4n) is 4.25. The molecule has 1 aliphatic rings. The minimum absolute atomic E-state index is 0.331. The number of aliphatic carboxylic acids is 1. The standard InChI is InChI=1S/C29H31NO5/c1-3-34-28(29(31)32)17-20-10-13-22(14-11-20)35-16-6-9-27-25-8-5-4-7-24(25)26-18-23(33-2)15-12-21(26)19-30-27/h4-5,7-8,10-15,18-19,28,30H,3,6,9,16-17H2,1-2H3,(H,31,32). The highest BCUT2D eigenvalue weighted by Crippen LogP contribution is 2.16. The topological polar surface area (TPSA) is 77.0 Å². The van der Waals surface area contributed by atoms with Crippen LogP contribution in [0.2, 0.25) is 0 Å². The van der Waals surface area contributed by atoms with Crippen LogP contribution in [0.25, 0.3) is 11.9 Å². The highest BCUT2D eigenvalue weighted by molar-refractivity contribution is 5.72. The maximum absolute atomic E-state index is 11.3. The first-order valence-corrected chi connectivity index (χ1v) is 11.9. The van der Waals surface area contributed by atoms with Gasteiger partial charge in [0.15, 0.2) is 6.10 Å². The van der Waals surface area contributed by atoms with Crippen LogP contribution in [0, 0.1) is 10.4 Å². The highest BCUT2D eigenvalue weighted by atomic mass is 16.5. The maximum Gasteiger partial charge on any atom is 0.333 e. The van der Waals surface area contributed by atoms with Crippen LogP contribution in [0.3, 0.4) is 0 Å². The van der Waals surface area contributed by atoms with E-state index in [0.717, 1.165) is 46.0 Å². The average Bonchev–Trinajstić information content (AvgIpc) is 3.04. The van der Waals surface area contributed by atoms with Crippen molar-refractivity contribution < 1.29 is 24.1 Å². The zero-order valence-corrected chi connectivity index (χ0v) is 20.1. The Morgan fingerprint density at radius 1 is 0.971 bits per heavy atom. The molecule has 0 aromatic heterocycles. The van der Waals surface area contributed by atoms with Crippen LogP contribution in [-0.2, 0) is 16.0 Å². The molecule has 1 atom stereocenters. The van der Waals surface area contributed by atoms with E-state index in [1.54, 1.807) is 14.0 Å². The molecule has 0 saturated carbocycles. The maximum atomic E-state index is 11.3. The molecule has 0 aliphatic carbocycles. The molecule has 3 aromatic carbocycles. The zero-order chi connectivity index (χ0) is 24.6. The molecule has 35 heavy (non-hydrogen) atoms. The molecule has 0 radical (unpaired) electrons. The largest absolute Gasteiger partial charge is 0.497 e. The van der Waals surface area contributed by atoms with Gasteiger partial charge in [0, 0.05) is 30.1 Å². The van der Waals surface area contributed by atoms with Gasteiger partial charge in [-0.15, -0.1) is 0 Å². The molecule has 1 unspecified atom stereocenters. The molecule has 6 heteroatoms. The van der Waals surface area contributed by atoms with Crippen molar-refractivity contribution in [3.63, 3.8) is 0 Å². The van der Waals surface area contributed by atoms with Crippen LogP contribution in [0.4, 0.5) is 0 Å². The average molecular weight is 474 g/mol. The molecular weight excluding hydrogens is 442 g/mol. The number of rotatable bonds is 11. The second-order valence-corrected chi connectivity index (χ2v) is 8.35. The Bertz CT molecular complexity index is 1380. The van der Waals surface area contributed by atoms with Gasteiger partial charge in [0.25, 0.3) is 0 Å². The van der Waals surface area contributed by atoms with E-state index in [9.17, 15) is 9.90 Å². The minimum atomic E-state index is -0.946. The Morgan fingerprint density at radius 2 is 1.71 bits per heavy atom. The third kappa shape index (κ3) is 6.03. The first kappa shape index (κ1) is 24.4. The molecule has 182 valence electrons. The molecule has 0 fully saturated rings. The van der Waals surface area contributed by atoms with Crippen molar-refractivity contribution in [2.75, 3.05) is 20.3 Å². The van der Waals surface area contributed by atoms with Crippen molar-refractivity contribution in [3.05, 3.63) is 93.2 Å². The predicted octanol–water partition coefficient (Wildman–Crippen LogP) is 3.32. The summed E-state index contributed by atoms with van der Waals surface area (Å²) in [5.74, 6) is 0.659. The van der Waals surface area contributed by atoms with Gasteiger partial charge in [0.2, 0.25) is 0 Å². The second-order valence-electron chi connectivity index (χ2n) is 8.35. The Balaban J connectivity index is 1.42. The van der Waals surface area contributed by atoms with Crippen molar-refractivity contribution in [1.29, 1.82) is 0 Å². The van der Waals surface area contributed by atoms with Gasteiger partial charge in [-0.3, -0.25) is 0 Å². The Kier molecular flexibility index (Phi) is 8.06. The molecular formula is C29H31NO5. The molecule has 3 aromatic rings. The van der Waals surface area contributed by atoms with Crippen LogP contribution in [-0.4, -0.2) is 37.5 Å². The zero-order valence-electron chi connectivity index (χ0n) is 20.1. The number of hydrogen-bond donors (Lipinski definition) is 2. The fourth-order valence-corrected chi connectivity index (χ4v) is 4.25. The molecule has 1 aliphatic heterocycles. The normalized spacial score (nSPS) is 12.9. The van der Waals surface area contributed by atoms with E-state index in [2.05, 4.69) is 47.9 Å². The van der Waals surface area contributed by atoms with Gasteiger partial charge in [0.1, 0.15) is 11.5 Å². The number of ether oxygens (including phenoxy) is 3. The molecule has 2 N–H and O–H groups in total. The van der Waals surface area contributed by atoms with Gasteiger partial charge in [-0.1, -0.05) is 36.4 Å². The molecule has 1 heterocycles. The van der Waals surface area contributed by atoms with Crippen LogP contribution in [0.5, 0.6) is 11.5 Å². The molecule has 6 nitrogen and oxygen atoms in total. The van der Waals surface area contributed by atoms with Crippen LogP contribution in [0.1, 0.15) is 25.3 Å². The summed E-state index contributed by atoms with van der Waals surface area (Å²) >= 11 is 0. The number of methoxy groups -OCH3 is 1. The van der Waals surface area contributed by atoms with E-state index in [-0.39, 0.29) is 0 Å². The lowest BCUT2D eigenvalue weighted by Gasteiger charge is -2.13. The minimum Gasteiger partial charge on any atom is -0.497 e. The van der Waals surface area contributed by atoms with E-state index in [1.165, 1.54) is 10.4 Å². The number of hydrogen-bond acceptors (Lipinski definition) is 5. The van der Waals surface area contributed by atoms with Crippen molar-refractivity contribution in [3.8, 4) is 11.5 Å². The number of carbonyl (C=O) groups is 1. The van der Waals surface area contributed by atoms with Crippen molar-refractivity contribution in [2.24, 2.45) is 0 Å². The summed E-state index contributed by atoms with van der Waals surface area (Å²) in [5.41, 5.74) is 2.06. The molecule has 4 rings (SSSR count). The second kappa shape index (κ2) is 11.6. The van der Waals surface area contributed by atoms with Gasteiger partial charge in [-0.2, -0.15) is 0 Å². The smallest absolute Gasteiger partial charge is 0.333 e. The lowest BCUT2D eigenvalue weighted by atomic mass is 10.1. The molecule has 0 bridgehead atoms. The summed E-state index contributed by atoms with van der Waals surface area (Å²) in [5, 5.41) is 17.4. The SMILES string of the molecule is CCOC(Cc1ccc(OCCCC2=c3ccccc3=c3cc(OC)ccc3=CN2)cc1)C(=O)O. The third-order valence-electron chi connectivity index (χ3n) is 6.03. The Labute approximate surface area is 204 Å². The van der Waals surface area contributed by atoms with Gasteiger partial charge in [-0.05, 0) is 71.3 Å². The Hall–Kier alpha value is -3.77. The summed E-state index contributed by atoms with van der Waals surface area (Å²) in [7, 11) is 1.69. The molecule has 0 amide bonds. The summed E-state index contributed by atoms with van der Waals surface area (Å²) in [6, 6.07) is 22.1. The van der Waals surface area contributed by atoms with E-state index < -0.39 is 12.1 Å². The summed E-state index contributed by atoms with van der Waals surface area (Å²) in [6.45, 7) is 2.74. The van der Waals surface area contributed by atoms with Crippen LogP contribution in [0.15, 0.2) is 66.7 Å². The highest BCUT2D eigenvalue weighted by Gasteiger charge is 2.17. The number of fused-ring (bicyclic) bond motifs is 2. The Morgan fingerprint density at radius 3 is 2.43 bits per heavy atom. The van der Waals surface area contributed by atoms with E-state index in [0.29, 0.717) is 19.6 Å². The van der Waals surface area contributed by atoms with Crippen molar-refractivity contribution in [1.82, 2.24) is 5.32 Å². The lowest BCUT2D eigenvalue weighted by molar-refractivity contribution is -0.149. The summed E-state index contributed by atoms with van der Waals surface area (Å²) < 4.78 is 16.7. The van der Waals surface area contributed by atoms with E-state index >= 15 is 0 Å². The number of nitrogens with one attached hydrogen (secondary N) is 1. The fraction of sp³-hybridized carbons (Fsp3) is 0.276. The number of carboxylic acids is 1. The van der Waals surface area contributed by atoms with Gasteiger partial charge < -0.3 is 24.6 Å². The lowest BCUT2D eigenvalue weighted by Crippen LogP contribution is -2.26. The number of carboxylic acid groups (broad SMARTS) is 1. The summed E-state index contributed by atoms with van der Waals surface area (Å²) in [6.07, 6.45) is 3.24. The quantitative estimate of drug-likeness (QED) is 0.416. The van der Waals surface area contributed by atoms with Gasteiger partial charge >= 0.3 is 5.97 Å². The van der Waals surface area contributed by atoms with E-state index in [1.807, 2.05) is 30.3 Å². The predicted molar refractivity (Wildman–Crippen MR) is 135 cm³/mol. The van der Waals surface area contributed by atoms with Gasteiger partial charge in [0.05, 0.1) is 13.7 Å². The molecule has 0 spiro atoms. The third-order valence-corrected chi connectivity index (χ3v) is 6.03. The first-order valence-electron chi connectivity index (χ1n) is 11.9. The van der Waals surface area contributed by atoms with Crippen LogP contribution >= 0.6 is 0 Å². The van der Waals surface area contributed by atoms with Crippen molar-refractivity contribution >= 4 is 17.9 Å². The van der Waals surface area contributed by atoms with Gasteiger partial charge in [-0.25, -0.2) is 4.79 Å². The summed E-state index contributed by atoms with van der Waals surface area (Å²) in [4.78, 5) is 11.3. The first-order chi connectivity index (χ1) is 17.1. The molecule has 0 saturated heterocycles. The van der Waals surface area contributed by atoms with Crippen molar-refractivity contribution in [2.45, 2.75) is 32.3 Å². The monoisotopic (exact) mass is 473 g/mol.